The molecule has 0 atom stereocenters. The van der Waals surface area contributed by atoms with Crippen LogP contribution in [0.2, 0.25) is 0 Å². The van der Waals surface area contributed by atoms with Gasteiger partial charge in [-0.25, -0.2) is 9.97 Å². The second kappa shape index (κ2) is 5.82. The highest BCUT2D eigenvalue weighted by Gasteiger charge is 2.20. The molecule has 110 valence electrons. The number of benzene rings is 1. The van der Waals surface area contributed by atoms with Crippen molar-refractivity contribution < 1.29 is 5.11 Å². The molecule has 3 rings (SSSR count). The lowest BCUT2D eigenvalue weighted by molar-refractivity contribution is 0.282. The standard InChI is InChI=1S/C17H21N3O/c1-20(2)17-18-15-10-6-5-9-14(15)16(19-17)13-8-4-3-7-12(13)11-21/h3-4,7-8,21H,5-6,9-11H2,1-2H3. The third-order valence-corrected chi connectivity index (χ3v) is 4.01. The lowest BCUT2D eigenvalue weighted by Gasteiger charge is -2.22. The molecule has 1 aromatic heterocycles. The molecule has 2 aromatic rings. The number of aliphatic hydroxyl groups is 1. The largest absolute Gasteiger partial charge is 0.392 e. The minimum Gasteiger partial charge on any atom is -0.392 e. The summed E-state index contributed by atoms with van der Waals surface area (Å²) in [7, 11) is 3.93. The van der Waals surface area contributed by atoms with Crippen LogP contribution in [0.1, 0.15) is 29.7 Å². The molecular weight excluding hydrogens is 262 g/mol. The minimum atomic E-state index is 0.0340. The van der Waals surface area contributed by atoms with Crippen LogP contribution in [0.15, 0.2) is 24.3 Å². The molecule has 0 bridgehead atoms. The monoisotopic (exact) mass is 283 g/mol. The van der Waals surface area contributed by atoms with Crippen molar-refractivity contribution in [1.29, 1.82) is 0 Å². The molecule has 0 saturated carbocycles. The van der Waals surface area contributed by atoms with Gasteiger partial charge in [0.1, 0.15) is 0 Å². The van der Waals surface area contributed by atoms with Gasteiger partial charge in [0.25, 0.3) is 0 Å². The first-order valence-corrected chi connectivity index (χ1v) is 7.47. The van der Waals surface area contributed by atoms with Crippen molar-refractivity contribution in [2.24, 2.45) is 0 Å². The predicted molar refractivity (Wildman–Crippen MR) is 84.4 cm³/mol. The molecule has 1 heterocycles. The fourth-order valence-electron chi connectivity index (χ4n) is 2.89. The predicted octanol–water partition coefficient (Wildman–Crippen LogP) is 2.58. The maximum atomic E-state index is 9.61. The molecule has 1 aromatic carbocycles. The molecule has 21 heavy (non-hydrogen) atoms. The number of nitrogens with zero attached hydrogens (tertiary/aromatic N) is 3. The van der Waals surface area contributed by atoms with Crippen molar-refractivity contribution >= 4 is 5.95 Å². The molecule has 0 amide bonds. The fourth-order valence-corrected chi connectivity index (χ4v) is 2.89. The summed E-state index contributed by atoms with van der Waals surface area (Å²) < 4.78 is 0. The summed E-state index contributed by atoms with van der Waals surface area (Å²) in [6.45, 7) is 0.0340. The van der Waals surface area contributed by atoms with Gasteiger partial charge >= 0.3 is 0 Å². The van der Waals surface area contributed by atoms with E-state index in [1.54, 1.807) is 0 Å². The van der Waals surface area contributed by atoms with E-state index >= 15 is 0 Å². The van der Waals surface area contributed by atoms with Crippen LogP contribution in [-0.4, -0.2) is 29.2 Å². The number of fused-ring (bicyclic) bond motifs is 1. The Labute approximate surface area is 125 Å². The minimum absolute atomic E-state index is 0.0340. The van der Waals surface area contributed by atoms with E-state index in [4.69, 9.17) is 9.97 Å². The van der Waals surface area contributed by atoms with Crippen LogP contribution in [0.4, 0.5) is 5.95 Å². The number of aryl methyl sites for hydroxylation is 1. The van der Waals surface area contributed by atoms with Gasteiger partial charge in [-0.05, 0) is 31.2 Å². The Morgan fingerprint density at radius 1 is 1.10 bits per heavy atom. The van der Waals surface area contributed by atoms with E-state index in [9.17, 15) is 5.11 Å². The molecule has 0 saturated heterocycles. The van der Waals surface area contributed by atoms with E-state index in [0.29, 0.717) is 0 Å². The molecule has 0 aliphatic heterocycles. The van der Waals surface area contributed by atoms with Gasteiger partial charge in [-0.2, -0.15) is 0 Å². The van der Waals surface area contributed by atoms with Crippen molar-refractivity contribution in [2.45, 2.75) is 32.3 Å². The second-order valence-electron chi connectivity index (χ2n) is 5.71. The summed E-state index contributed by atoms with van der Waals surface area (Å²) >= 11 is 0. The van der Waals surface area contributed by atoms with Crippen LogP contribution in [0.25, 0.3) is 11.3 Å². The van der Waals surface area contributed by atoms with Gasteiger partial charge in [0.2, 0.25) is 5.95 Å². The van der Waals surface area contributed by atoms with Crippen molar-refractivity contribution in [2.75, 3.05) is 19.0 Å². The normalized spacial score (nSPS) is 13.9. The van der Waals surface area contributed by atoms with E-state index in [1.165, 1.54) is 24.1 Å². The Kier molecular flexibility index (Phi) is 3.88. The SMILES string of the molecule is CN(C)c1nc2c(c(-c3ccccc3CO)n1)CCCC2. The van der Waals surface area contributed by atoms with Gasteiger partial charge in [-0.15, -0.1) is 0 Å². The molecule has 4 nitrogen and oxygen atoms in total. The highest BCUT2D eigenvalue weighted by atomic mass is 16.3. The lowest BCUT2D eigenvalue weighted by Crippen LogP contribution is -2.18. The Morgan fingerprint density at radius 2 is 1.86 bits per heavy atom. The number of hydrogen-bond acceptors (Lipinski definition) is 4. The van der Waals surface area contributed by atoms with E-state index < -0.39 is 0 Å². The zero-order valence-corrected chi connectivity index (χ0v) is 12.6. The second-order valence-corrected chi connectivity index (χ2v) is 5.71. The maximum Gasteiger partial charge on any atom is 0.225 e. The average Bonchev–Trinajstić information content (AvgIpc) is 2.53. The number of aromatic nitrogens is 2. The zero-order valence-electron chi connectivity index (χ0n) is 12.6. The fraction of sp³-hybridized carbons (Fsp3) is 0.412. The van der Waals surface area contributed by atoms with E-state index in [2.05, 4.69) is 0 Å². The summed E-state index contributed by atoms with van der Waals surface area (Å²) in [5, 5.41) is 9.61. The van der Waals surface area contributed by atoms with Gasteiger partial charge < -0.3 is 10.0 Å². The Hall–Kier alpha value is -1.94. The quantitative estimate of drug-likeness (QED) is 0.940. The number of rotatable bonds is 3. The number of anilines is 1. The van der Waals surface area contributed by atoms with Crippen LogP contribution < -0.4 is 4.90 Å². The Morgan fingerprint density at radius 3 is 2.62 bits per heavy atom. The van der Waals surface area contributed by atoms with Gasteiger partial charge in [-0.1, -0.05) is 24.3 Å². The first kappa shape index (κ1) is 14.0. The van der Waals surface area contributed by atoms with Crippen molar-refractivity contribution in [3.63, 3.8) is 0 Å². The van der Waals surface area contributed by atoms with Crippen molar-refractivity contribution in [1.82, 2.24) is 9.97 Å². The van der Waals surface area contributed by atoms with Gasteiger partial charge in [0.05, 0.1) is 12.3 Å². The summed E-state index contributed by atoms with van der Waals surface area (Å²) in [6.07, 6.45) is 4.43. The Bertz CT molecular complexity index is 652. The molecule has 0 fully saturated rings. The molecule has 4 heteroatoms. The Balaban J connectivity index is 2.22. The number of hydrogen-bond donors (Lipinski definition) is 1. The lowest BCUT2D eigenvalue weighted by atomic mass is 9.91. The summed E-state index contributed by atoms with van der Waals surface area (Å²) in [5.41, 5.74) is 5.38. The van der Waals surface area contributed by atoms with Crippen molar-refractivity contribution in [3.05, 3.63) is 41.1 Å². The summed E-state index contributed by atoms with van der Waals surface area (Å²) in [6, 6.07) is 7.96. The topological polar surface area (TPSA) is 49.2 Å². The van der Waals surface area contributed by atoms with Crippen LogP contribution in [-0.2, 0) is 19.4 Å². The highest BCUT2D eigenvalue weighted by Crippen LogP contribution is 2.32. The van der Waals surface area contributed by atoms with Crippen LogP contribution in [0.3, 0.4) is 0 Å². The van der Waals surface area contributed by atoms with E-state index in [1.807, 2.05) is 43.3 Å². The third kappa shape index (κ3) is 2.63. The molecule has 1 aliphatic rings. The van der Waals surface area contributed by atoms with Crippen LogP contribution >= 0.6 is 0 Å². The molecule has 0 unspecified atom stereocenters. The first-order valence-electron chi connectivity index (χ1n) is 7.47. The summed E-state index contributed by atoms with van der Waals surface area (Å²) in [4.78, 5) is 11.4. The van der Waals surface area contributed by atoms with E-state index in [-0.39, 0.29) is 6.61 Å². The zero-order chi connectivity index (χ0) is 14.8. The molecule has 1 N–H and O–H groups in total. The van der Waals surface area contributed by atoms with Gasteiger partial charge in [-0.3, -0.25) is 0 Å². The van der Waals surface area contributed by atoms with Gasteiger partial charge in [0, 0.05) is 30.9 Å². The van der Waals surface area contributed by atoms with E-state index in [0.717, 1.165) is 35.6 Å². The smallest absolute Gasteiger partial charge is 0.225 e. The van der Waals surface area contributed by atoms with Gasteiger partial charge in [0.15, 0.2) is 0 Å². The maximum absolute atomic E-state index is 9.61. The average molecular weight is 283 g/mol. The molecule has 0 radical (unpaired) electrons. The first-order chi connectivity index (χ1) is 10.2. The van der Waals surface area contributed by atoms with Crippen LogP contribution in [0, 0.1) is 0 Å². The third-order valence-electron chi connectivity index (χ3n) is 4.01. The van der Waals surface area contributed by atoms with Crippen LogP contribution in [0.5, 0.6) is 0 Å². The number of aliphatic hydroxyl groups excluding tert-OH is 1. The highest BCUT2D eigenvalue weighted by molar-refractivity contribution is 5.69. The molecule has 1 aliphatic carbocycles. The summed E-state index contributed by atoms with van der Waals surface area (Å²) in [5.74, 6) is 0.749. The molecular formula is C17H21N3O. The van der Waals surface area contributed by atoms with Crippen molar-refractivity contribution in [3.8, 4) is 11.3 Å². The molecule has 0 spiro atoms.